The lowest BCUT2D eigenvalue weighted by Gasteiger charge is -2.05. The maximum absolute atomic E-state index is 10.8. The largest absolute Gasteiger partial charge is 0.392 e. The van der Waals surface area contributed by atoms with E-state index in [0.717, 1.165) is 5.56 Å². The van der Waals surface area contributed by atoms with Crippen molar-refractivity contribution in [2.75, 3.05) is 0 Å². The number of hydrogen-bond donors (Lipinski definition) is 2. The van der Waals surface area contributed by atoms with Crippen molar-refractivity contribution in [2.45, 2.75) is 13.5 Å². The van der Waals surface area contributed by atoms with Crippen LogP contribution in [0.5, 0.6) is 0 Å². The zero-order chi connectivity index (χ0) is 9.14. The molecule has 0 atom stereocenters. The number of aliphatic hydroxyl groups excluding tert-OH is 1. The van der Waals surface area contributed by atoms with Gasteiger partial charge in [-0.15, -0.1) is 0 Å². The summed E-state index contributed by atoms with van der Waals surface area (Å²) >= 11 is 0. The number of hydrogen-bond acceptors (Lipinski definition) is 2. The first kappa shape index (κ1) is 8.74. The highest BCUT2D eigenvalue weighted by molar-refractivity contribution is 5.94. The summed E-state index contributed by atoms with van der Waals surface area (Å²) in [6, 6.07) is 5.19. The SMILES string of the molecule is Cc1cccc(C(N)=O)c1CO. The fourth-order valence-electron chi connectivity index (χ4n) is 1.14. The number of nitrogens with two attached hydrogens (primary N) is 1. The van der Waals surface area contributed by atoms with Crippen molar-refractivity contribution in [3.8, 4) is 0 Å². The minimum atomic E-state index is -0.497. The zero-order valence-electron chi connectivity index (χ0n) is 6.87. The van der Waals surface area contributed by atoms with Crippen molar-refractivity contribution in [3.05, 3.63) is 34.9 Å². The Kier molecular flexibility index (Phi) is 2.45. The second-order valence-corrected chi connectivity index (χ2v) is 2.62. The highest BCUT2D eigenvalue weighted by Crippen LogP contribution is 2.13. The summed E-state index contributed by atoms with van der Waals surface area (Å²) in [7, 11) is 0. The molecule has 0 bridgehead atoms. The van der Waals surface area contributed by atoms with Crippen LogP contribution in [0.3, 0.4) is 0 Å². The molecule has 0 radical (unpaired) electrons. The minimum absolute atomic E-state index is 0.148. The molecule has 0 saturated heterocycles. The Hall–Kier alpha value is -1.35. The fourth-order valence-corrected chi connectivity index (χ4v) is 1.14. The van der Waals surface area contributed by atoms with Gasteiger partial charge in [-0.05, 0) is 24.1 Å². The van der Waals surface area contributed by atoms with E-state index in [1.807, 2.05) is 13.0 Å². The summed E-state index contributed by atoms with van der Waals surface area (Å²) in [5.74, 6) is -0.497. The molecule has 0 saturated carbocycles. The molecule has 0 aliphatic rings. The molecule has 1 amide bonds. The number of carbonyl (C=O) groups excluding carboxylic acids is 1. The molecule has 0 spiro atoms. The molecular weight excluding hydrogens is 154 g/mol. The van der Waals surface area contributed by atoms with Crippen LogP contribution in [0, 0.1) is 6.92 Å². The number of rotatable bonds is 2. The van der Waals surface area contributed by atoms with Crippen molar-refractivity contribution in [2.24, 2.45) is 5.73 Å². The van der Waals surface area contributed by atoms with Gasteiger partial charge in [-0.25, -0.2) is 0 Å². The van der Waals surface area contributed by atoms with E-state index in [0.29, 0.717) is 11.1 Å². The Bertz CT molecular complexity index is 307. The molecule has 0 heterocycles. The van der Waals surface area contributed by atoms with Gasteiger partial charge in [0.1, 0.15) is 0 Å². The van der Waals surface area contributed by atoms with Crippen LogP contribution in [-0.4, -0.2) is 11.0 Å². The van der Waals surface area contributed by atoms with Gasteiger partial charge in [-0.1, -0.05) is 12.1 Å². The highest BCUT2D eigenvalue weighted by Gasteiger charge is 2.08. The molecule has 3 heteroatoms. The van der Waals surface area contributed by atoms with Gasteiger partial charge in [0.15, 0.2) is 0 Å². The molecule has 1 rings (SSSR count). The van der Waals surface area contributed by atoms with Crippen LogP contribution in [0.2, 0.25) is 0 Å². The van der Waals surface area contributed by atoms with E-state index in [1.165, 1.54) is 0 Å². The topological polar surface area (TPSA) is 63.3 Å². The monoisotopic (exact) mass is 165 g/mol. The van der Waals surface area contributed by atoms with Gasteiger partial charge in [0.2, 0.25) is 5.91 Å². The second-order valence-electron chi connectivity index (χ2n) is 2.62. The van der Waals surface area contributed by atoms with Gasteiger partial charge in [-0.3, -0.25) is 4.79 Å². The van der Waals surface area contributed by atoms with Crippen molar-refractivity contribution in [1.29, 1.82) is 0 Å². The molecule has 3 nitrogen and oxygen atoms in total. The molecule has 0 aliphatic carbocycles. The average Bonchev–Trinajstić information content (AvgIpc) is 2.03. The van der Waals surface area contributed by atoms with E-state index in [-0.39, 0.29) is 6.61 Å². The molecule has 1 aromatic carbocycles. The first-order valence-electron chi connectivity index (χ1n) is 3.66. The Morgan fingerprint density at radius 1 is 1.58 bits per heavy atom. The van der Waals surface area contributed by atoms with Crippen LogP contribution in [0.4, 0.5) is 0 Å². The second kappa shape index (κ2) is 3.36. The summed E-state index contributed by atoms with van der Waals surface area (Å²) in [5, 5.41) is 8.94. The van der Waals surface area contributed by atoms with Gasteiger partial charge < -0.3 is 10.8 Å². The molecule has 64 valence electrons. The summed E-state index contributed by atoms with van der Waals surface area (Å²) < 4.78 is 0. The van der Waals surface area contributed by atoms with Gasteiger partial charge in [-0.2, -0.15) is 0 Å². The number of primary amides is 1. The van der Waals surface area contributed by atoms with Gasteiger partial charge in [0.05, 0.1) is 6.61 Å². The van der Waals surface area contributed by atoms with Crippen LogP contribution in [-0.2, 0) is 6.61 Å². The van der Waals surface area contributed by atoms with E-state index < -0.39 is 5.91 Å². The normalized spacial score (nSPS) is 9.83. The summed E-state index contributed by atoms with van der Waals surface area (Å²) in [5.41, 5.74) is 7.01. The minimum Gasteiger partial charge on any atom is -0.392 e. The van der Waals surface area contributed by atoms with Crippen LogP contribution in [0.1, 0.15) is 21.5 Å². The Morgan fingerprint density at radius 2 is 2.25 bits per heavy atom. The Labute approximate surface area is 70.8 Å². The maximum Gasteiger partial charge on any atom is 0.249 e. The first-order valence-corrected chi connectivity index (χ1v) is 3.66. The quantitative estimate of drug-likeness (QED) is 0.673. The molecular formula is C9H11NO2. The molecule has 12 heavy (non-hydrogen) atoms. The third-order valence-electron chi connectivity index (χ3n) is 1.83. The molecule has 0 aliphatic heterocycles. The van der Waals surface area contributed by atoms with Gasteiger partial charge in [0.25, 0.3) is 0 Å². The molecule has 3 N–H and O–H groups in total. The van der Waals surface area contributed by atoms with Crippen LogP contribution >= 0.6 is 0 Å². The zero-order valence-corrected chi connectivity index (χ0v) is 6.87. The summed E-state index contributed by atoms with van der Waals surface area (Å²) in [6.45, 7) is 1.68. The molecule has 0 aromatic heterocycles. The predicted octanol–water partition coefficient (Wildman–Crippen LogP) is 0.586. The first-order chi connectivity index (χ1) is 5.66. The summed E-state index contributed by atoms with van der Waals surface area (Å²) in [6.07, 6.45) is 0. The van der Waals surface area contributed by atoms with Crippen LogP contribution in [0.15, 0.2) is 18.2 Å². The van der Waals surface area contributed by atoms with Gasteiger partial charge >= 0.3 is 0 Å². The molecule has 0 unspecified atom stereocenters. The molecule has 0 fully saturated rings. The average molecular weight is 165 g/mol. The van der Waals surface area contributed by atoms with E-state index in [1.54, 1.807) is 12.1 Å². The third-order valence-corrected chi connectivity index (χ3v) is 1.83. The van der Waals surface area contributed by atoms with Crippen molar-refractivity contribution >= 4 is 5.91 Å². The lowest BCUT2D eigenvalue weighted by molar-refractivity contribution is 0.0997. The Morgan fingerprint density at radius 3 is 2.67 bits per heavy atom. The lowest BCUT2D eigenvalue weighted by atomic mass is 10.0. The number of aliphatic hydroxyl groups is 1. The van der Waals surface area contributed by atoms with Crippen LogP contribution < -0.4 is 5.73 Å². The van der Waals surface area contributed by atoms with E-state index >= 15 is 0 Å². The summed E-state index contributed by atoms with van der Waals surface area (Å²) in [4.78, 5) is 10.8. The third kappa shape index (κ3) is 1.46. The van der Waals surface area contributed by atoms with Crippen molar-refractivity contribution < 1.29 is 9.90 Å². The standard InChI is InChI=1S/C9H11NO2/c1-6-3-2-4-7(9(10)12)8(6)5-11/h2-4,11H,5H2,1H3,(H2,10,12). The van der Waals surface area contributed by atoms with Crippen molar-refractivity contribution in [3.63, 3.8) is 0 Å². The van der Waals surface area contributed by atoms with Crippen molar-refractivity contribution in [1.82, 2.24) is 0 Å². The lowest BCUT2D eigenvalue weighted by Crippen LogP contribution is -2.14. The van der Waals surface area contributed by atoms with Crippen LogP contribution in [0.25, 0.3) is 0 Å². The Balaban J connectivity index is 3.27. The van der Waals surface area contributed by atoms with E-state index in [2.05, 4.69) is 0 Å². The number of carbonyl (C=O) groups is 1. The number of benzene rings is 1. The van der Waals surface area contributed by atoms with E-state index in [9.17, 15) is 4.79 Å². The van der Waals surface area contributed by atoms with Gasteiger partial charge in [0, 0.05) is 5.56 Å². The number of aryl methyl sites for hydroxylation is 1. The molecule has 1 aromatic rings. The smallest absolute Gasteiger partial charge is 0.249 e. The maximum atomic E-state index is 10.8. The fraction of sp³-hybridized carbons (Fsp3) is 0.222. The highest BCUT2D eigenvalue weighted by atomic mass is 16.3. The number of amides is 1. The predicted molar refractivity (Wildman–Crippen MR) is 45.6 cm³/mol. The van der Waals surface area contributed by atoms with E-state index in [4.69, 9.17) is 10.8 Å².